The van der Waals surface area contributed by atoms with Gasteiger partial charge in [0.05, 0.1) is 24.5 Å². The minimum Gasteiger partial charge on any atom is -0.484 e. The molecule has 0 saturated carbocycles. The number of nitrogens with one attached hydrogen (secondary N) is 3. The van der Waals surface area contributed by atoms with Crippen molar-refractivity contribution < 1.29 is 14.6 Å². The van der Waals surface area contributed by atoms with Crippen molar-refractivity contribution in [3.05, 3.63) is 101 Å². The van der Waals surface area contributed by atoms with Gasteiger partial charge in [0.1, 0.15) is 23.2 Å². The number of urea groups is 1. The number of hydrogen-bond acceptors (Lipinski definition) is 7. The number of aliphatic hydroxyl groups is 1. The van der Waals surface area contributed by atoms with E-state index in [1.54, 1.807) is 36.4 Å². The molecule has 2 aromatic carbocycles. The van der Waals surface area contributed by atoms with Gasteiger partial charge < -0.3 is 20.9 Å². The van der Waals surface area contributed by atoms with E-state index in [0.717, 1.165) is 15.7 Å². The molecule has 1 heterocycles. The normalized spacial score (nSPS) is 17.2. The first-order valence-electron chi connectivity index (χ1n) is 13.3. The van der Waals surface area contributed by atoms with Gasteiger partial charge in [0.2, 0.25) is 0 Å². The van der Waals surface area contributed by atoms with Crippen molar-refractivity contribution in [2.45, 2.75) is 52.4 Å². The number of carbonyl (C=O) groups excluding carboxylic acids is 1. The Hall–Kier alpha value is -4.88. The Kier molecular flexibility index (Phi) is 8.90. The van der Waals surface area contributed by atoms with Crippen LogP contribution in [-0.2, 0) is 6.61 Å². The van der Waals surface area contributed by atoms with Crippen LogP contribution in [0.3, 0.4) is 0 Å². The van der Waals surface area contributed by atoms with Crippen molar-refractivity contribution in [2.24, 2.45) is 16.1 Å². The van der Waals surface area contributed by atoms with E-state index < -0.39 is 6.03 Å². The minimum absolute atomic E-state index is 0.0716. The zero-order chi connectivity index (χ0) is 29.6. The quantitative estimate of drug-likeness (QED) is 0.221. The summed E-state index contributed by atoms with van der Waals surface area (Å²) in [6.07, 6.45) is 6.06. The number of fused-ring (bicyclic) bond motifs is 1. The van der Waals surface area contributed by atoms with Crippen LogP contribution in [-0.4, -0.2) is 21.5 Å². The van der Waals surface area contributed by atoms with E-state index in [2.05, 4.69) is 15.6 Å². The fourth-order valence-corrected chi connectivity index (χ4v) is 4.45. The van der Waals surface area contributed by atoms with Crippen molar-refractivity contribution >= 4 is 17.6 Å². The first-order valence-corrected chi connectivity index (χ1v) is 13.3. The number of hydrogen-bond donors (Lipinski definition) is 5. The van der Waals surface area contributed by atoms with Gasteiger partial charge in [-0.3, -0.25) is 10.7 Å². The average Bonchev–Trinajstić information content (AvgIpc) is 2.94. The van der Waals surface area contributed by atoms with Crippen molar-refractivity contribution in [3.63, 3.8) is 0 Å². The molecule has 3 aromatic rings. The molecule has 4 rings (SSSR count). The summed E-state index contributed by atoms with van der Waals surface area (Å²) in [5.74, 6) is 0.764. The average molecular weight is 554 g/mol. The summed E-state index contributed by atoms with van der Waals surface area (Å²) < 4.78 is 7.35. The van der Waals surface area contributed by atoms with E-state index in [-0.39, 0.29) is 35.5 Å². The lowest BCUT2D eigenvalue weighted by atomic mass is 9.85. The molecule has 0 aliphatic heterocycles. The molecule has 212 valence electrons. The van der Waals surface area contributed by atoms with E-state index in [0.29, 0.717) is 35.5 Å². The Bertz CT molecular complexity index is 1580. The maximum absolute atomic E-state index is 13.3. The topological polar surface area (TPSA) is 162 Å². The monoisotopic (exact) mass is 553 g/mol. The fourth-order valence-electron chi connectivity index (χ4n) is 4.45. The molecule has 2 atom stereocenters. The second-order valence-electron chi connectivity index (χ2n) is 10.9. The number of carbonyl (C=O) groups is 1. The van der Waals surface area contributed by atoms with Gasteiger partial charge in [-0.1, -0.05) is 57.2 Å². The number of allylic oxidation sites excluding steroid dienone is 1. The summed E-state index contributed by atoms with van der Waals surface area (Å²) in [6, 6.07) is 17.4. The van der Waals surface area contributed by atoms with Gasteiger partial charge in [-0.15, -0.1) is 0 Å². The van der Waals surface area contributed by atoms with Crippen molar-refractivity contribution in [3.8, 4) is 11.9 Å². The van der Waals surface area contributed by atoms with Gasteiger partial charge in [0, 0.05) is 17.2 Å². The van der Waals surface area contributed by atoms with Crippen LogP contribution in [0.2, 0.25) is 0 Å². The number of benzene rings is 2. The highest BCUT2D eigenvalue weighted by molar-refractivity contribution is 6.05. The van der Waals surface area contributed by atoms with E-state index in [1.165, 1.54) is 12.3 Å². The molecule has 0 bridgehead atoms. The maximum atomic E-state index is 13.3. The lowest BCUT2D eigenvalue weighted by Gasteiger charge is -2.32. The minimum atomic E-state index is -0.430. The predicted octanol–water partition coefficient (Wildman–Crippen LogP) is 4.66. The number of amidine groups is 1. The summed E-state index contributed by atoms with van der Waals surface area (Å²) in [6.45, 7) is 5.80. The Balaban J connectivity index is 1.54. The van der Waals surface area contributed by atoms with Crippen molar-refractivity contribution in [1.29, 1.82) is 10.7 Å². The van der Waals surface area contributed by atoms with Crippen LogP contribution in [0.5, 0.6) is 5.75 Å². The molecule has 1 aliphatic carbocycles. The fraction of sp³-hybridized carbons (Fsp3) is 0.290. The summed E-state index contributed by atoms with van der Waals surface area (Å²) >= 11 is 0. The lowest BCUT2D eigenvalue weighted by Crippen LogP contribution is -2.42. The van der Waals surface area contributed by atoms with Gasteiger partial charge in [-0.2, -0.15) is 5.26 Å². The Morgan fingerprint density at radius 3 is 2.66 bits per heavy atom. The summed E-state index contributed by atoms with van der Waals surface area (Å²) in [7, 11) is 0. The number of amides is 2. The van der Waals surface area contributed by atoms with Crippen LogP contribution >= 0.6 is 0 Å². The Morgan fingerprint density at radius 2 is 1.95 bits per heavy atom. The number of nitriles is 1. The number of nitrogens with two attached hydrogens (primary N) is 1. The summed E-state index contributed by atoms with van der Waals surface area (Å²) in [5, 5.41) is 32.5. The second kappa shape index (κ2) is 12.5. The van der Waals surface area contributed by atoms with Crippen LogP contribution in [0.25, 0.3) is 0 Å². The maximum Gasteiger partial charge on any atom is 0.320 e. The summed E-state index contributed by atoms with van der Waals surface area (Å²) in [4.78, 5) is 17.9. The third-order valence-electron chi connectivity index (χ3n) is 6.79. The van der Waals surface area contributed by atoms with E-state index in [4.69, 9.17) is 15.9 Å². The Morgan fingerprint density at radius 1 is 1.20 bits per heavy atom. The van der Waals surface area contributed by atoms with Crippen LogP contribution in [0, 0.1) is 22.3 Å². The molecule has 10 nitrogen and oxygen atoms in total. The highest BCUT2D eigenvalue weighted by atomic mass is 16.5. The SMILES string of the molecule is CC(C)(C)/C(N)=C/C(=Nc1cccc(CO)c1)NC(=O)NC1CCC(Oc2ccc(=N)n(C#N)c2)c2ccccc21. The molecule has 0 saturated heterocycles. The highest BCUT2D eigenvalue weighted by Gasteiger charge is 2.29. The second-order valence-corrected chi connectivity index (χ2v) is 10.9. The number of rotatable bonds is 6. The Labute approximate surface area is 239 Å². The number of aromatic nitrogens is 1. The molecule has 1 aromatic heterocycles. The van der Waals surface area contributed by atoms with E-state index in [1.807, 2.05) is 51.2 Å². The van der Waals surface area contributed by atoms with Crippen LogP contribution < -0.4 is 26.6 Å². The smallest absolute Gasteiger partial charge is 0.320 e. The third-order valence-corrected chi connectivity index (χ3v) is 6.79. The van der Waals surface area contributed by atoms with Gasteiger partial charge >= 0.3 is 6.03 Å². The number of pyridine rings is 1. The predicted molar refractivity (Wildman–Crippen MR) is 156 cm³/mol. The number of nitrogens with zero attached hydrogens (tertiary/aromatic N) is 3. The first-order chi connectivity index (χ1) is 19.6. The zero-order valence-electron chi connectivity index (χ0n) is 23.4. The third kappa shape index (κ3) is 7.41. The van der Waals surface area contributed by atoms with Crippen molar-refractivity contribution in [2.75, 3.05) is 0 Å². The number of aliphatic hydroxyl groups excluding tert-OH is 1. The largest absolute Gasteiger partial charge is 0.484 e. The zero-order valence-corrected chi connectivity index (χ0v) is 23.4. The van der Waals surface area contributed by atoms with E-state index in [9.17, 15) is 15.2 Å². The van der Waals surface area contributed by atoms with Gasteiger partial charge in [0.15, 0.2) is 6.19 Å². The number of ether oxygens (including phenoxy) is 1. The molecule has 2 unspecified atom stereocenters. The van der Waals surface area contributed by atoms with Gasteiger partial charge in [0.25, 0.3) is 0 Å². The molecule has 0 fully saturated rings. The summed E-state index contributed by atoms with van der Waals surface area (Å²) in [5.41, 5.74) is 9.75. The highest BCUT2D eigenvalue weighted by Crippen LogP contribution is 2.38. The first kappa shape index (κ1) is 29.1. The molecule has 0 spiro atoms. The lowest BCUT2D eigenvalue weighted by molar-refractivity contribution is 0.171. The molecule has 1 aliphatic rings. The molecule has 0 radical (unpaired) electrons. The molecular weight excluding hydrogens is 518 g/mol. The van der Waals surface area contributed by atoms with Crippen LogP contribution in [0.1, 0.15) is 62.4 Å². The number of aliphatic imine (C=N–C) groups is 1. The van der Waals surface area contributed by atoms with Gasteiger partial charge in [-0.25, -0.2) is 14.4 Å². The van der Waals surface area contributed by atoms with E-state index >= 15 is 0 Å². The molecule has 10 heteroatoms. The van der Waals surface area contributed by atoms with Crippen LogP contribution in [0.15, 0.2) is 83.6 Å². The molecule has 2 amide bonds. The van der Waals surface area contributed by atoms with Gasteiger partial charge in [-0.05, 0) is 53.8 Å². The van der Waals surface area contributed by atoms with Crippen molar-refractivity contribution in [1.82, 2.24) is 15.2 Å². The standard InChI is InChI=1S/C31H35N7O3/c1-31(2,3)27(33)16-29(35-21-8-6-7-20(15-21)18-39)37-30(40)36-25-12-13-26(24-10-5-4-9-23(24)25)41-22-11-14-28(34)38(17-22)19-32/h4-11,14-17,25-26,34,39H,12-13,18,33H2,1-3H3,(H2,35,36,37,40)/b27-16-,34-28?. The molecular formula is C31H35N7O3. The van der Waals surface area contributed by atoms with Crippen LogP contribution in [0.4, 0.5) is 10.5 Å². The molecule has 6 N–H and O–H groups in total. The molecule has 41 heavy (non-hydrogen) atoms.